The highest BCUT2D eigenvalue weighted by Gasteiger charge is 2.17. The second-order valence-corrected chi connectivity index (χ2v) is 2.52. The van der Waals surface area contributed by atoms with E-state index in [9.17, 15) is 14.5 Å². The van der Waals surface area contributed by atoms with Crippen LogP contribution in [0.4, 0.5) is 10.1 Å². The van der Waals surface area contributed by atoms with Crippen LogP contribution < -0.4 is 5.48 Å². The summed E-state index contributed by atoms with van der Waals surface area (Å²) in [6.07, 6.45) is 0. The Kier molecular flexibility index (Phi) is 2.95. The molecule has 14 heavy (non-hydrogen) atoms. The number of hydrogen-bond donors (Lipinski definition) is 3. The highest BCUT2D eigenvalue weighted by molar-refractivity contribution is 5.44. The topological polar surface area (TPSA) is 95.6 Å². The Hall–Kier alpha value is -1.73. The van der Waals surface area contributed by atoms with Gasteiger partial charge in [-0.2, -0.15) is 4.39 Å². The van der Waals surface area contributed by atoms with Crippen molar-refractivity contribution in [2.24, 2.45) is 0 Å². The lowest BCUT2D eigenvalue weighted by atomic mass is 10.1. The molecule has 1 aromatic carbocycles. The predicted molar refractivity (Wildman–Crippen MR) is 43.3 cm³/mol. The normalized spacial score (nSPS) is 10.1. The molecule has 0 saturated carbocycles. The highest BCUT2D eigenvalue weighted by Crippen LogP contribution is 2.26. The van der Waals surface area contributed by atoms with Crippen LogP contribution in [0.25, 0.3) is 0 Å². The maximum Gasteiger partial charge on any atom is 0.305 e. The van der Waals surface area contributed by atoms with Crippen LogP contribution in [0.2, 0.25) is 0 Å². The van der Waals surface area contributed by atoms with Gasteiger partial charge in [-0.05, 0) is 0 Å². The van der Waals surface area contributed by atoms with Crippen molar-refractivity contribution >= 4 is 5.69 Å². The molecule has 1 aromatic rings. The quantitative estimate of drug-likeness (QED) is 0.500. The third-order valence-corrected chi connectivity index (χ3v) is 1.61. The Labute approximate surface area is 77.7 Å². The Balaban J connectivity index is 3.20. The van der Waals surface area contributed by atoms with Gasteiger partial charge in [-0.15, -0.1) is 0 Å². The average molecular weight is 202 g/mol. The van der Waals surface area contributed by atoms with Gasteiger partial charge in [0.2, 0.25) is 5.82 Å². The molecule has 6 nitrogen and oxygen atoms in total. The zero-order chi connectivity index (χ0) is 10.7. The van der Waals surface area contributed by atoms with Crippen LogP contribution in [0.5, 0.6) is 5.75 Å². The van der Waals surface area contributed by atoms with Gasteiger partial charge in [-0.3, -0.25) is 10.1 Å². The summed E-state index contributed by atoms with van der Waals surface area (Å²) in [5.74, 6) is -1.57. The summed E-state index contributed by atoms with van der Waals surface area (Å²) >= 11 is 0. The maximum absolute atomic E-state index is 12.8. The summed E-state index contributed by atoms with van der Waals surface area (Å²) in [5, 5.41) is 27.7. The van der Waals surface area contributed by atoms with Crippen molar-refractivity contribution in [1.29, 1.82) is 0 Å². The van der Waals surface area contributed by atoms with Gasteiger partial charge in [0.1, 0.15) is 5.75 Å². The summed E-state index contributed by atoms with van der Waals surface area (Å²) in [6, 6.07) is 1.48. The number of nitrogens with one attached hydrogen (secondary N) is 1. The molecule has 0 aliphatic heterocycles. The number of nitro groups is 1. The summed E-state index contributed by atoms with van der Waals surface area (Å²) < 4.78 is 12.8. The Morgan fingerprint density at radius 1 is 1.57 bits per heavy atom. The van der Waals surface area contributed by atoms with Gasteiger partial charge in [0, 0.05) is 24.2 Å². The van der Waals surface area contributed by atoms with Crippen molar-refractivity contribution < 1.29 is 19.6 Å². The van der Waals surface area contributed by atoms with Crippen LogP contribution in [0, 0.1) is 15.9 Å². The van der Waals surface area contributed by atoms with Gasteiger partial charge in [0.25, 0.3) is 0 Å². The number of halogens is 1. The van der Waals surface area contributed by atoms with Crippen LogP contribution in [0.1, 0.15) is 5.56 Å². The zero-order valence-electron chi connectivity index (χ0n) is 6.90. The molecule has 0 radical (unpaired) electrons. The molecule has 0 bridgehead atoms. The number of nitrogens with zero attached hydrogens (tertiary/aromatic N) is 1. The number of benzene rings is 1. The molecule has 0 amide bonds. The second-order valence-electron chi connectivity index (χ2n) is 2.52. The minimum absolute atomic E-state index is 0.0422. The van der Waals surface area contributed by atoms with Crippen molar-refractivity contribution in [3.63, 3.8) is 0 Å². The van der Waals surface area contributed by atoms with E-state index in [0.29, 0.717) is 6.07 Å². The Morgan fingerprint density at radius 3 is 2.71 bits per heavy atom. The molecule has 0 aliphatic rings. The first kappa shape index (κ1) is 10.4. The smallest absolute Gasteiger partial charge is 0.305 e. The molecule has 0 aromatic heterocycles. The number of aromatic hydroxyl groups is 1. The van der Waals surface area contributed by atoms with Gasteiger partial charge < -0.3 is 10.3 Å². The molecule has 76 valence electrons. The SMILES string of the molecule is O=[N+]([O-])c1cc(CNO)c(O)cc1F. The van der Waals surface area contributed by atoms with Crippen LogP contribution in [0.3, 0.4) is 0 Å². The van der Waals surface area contributed by atoms with Gasteiger partial charge in [-0.25, -0.2) is 5.48 Å². The maximum atomic E-state index is 12.8. The van der Waals surface area contributed by atoms with Crippen molar-refractivity contribution in [1.82, 2.24) is 5.48 Å². The molecular weight excluding hydrogens is 195 g/mol. The summed E-state index contributed by atoms with van der Waals surface area (Å²) in [5.41, 5.74) is 1.01. The van der Waals surface area contributed by atoms with E-state index in [4.69, 9.17) is 10.3 Å². The molecule has 0 spiro atoms. The van der Waals surface area contributed by atoms with Crippen molar-refractivity contribution in [3.05, 3.63) is 33.6 Å². The number of phenolic OH excluding ortho intramolecular Hbond substituents is 1. The third-order valence-electron chi connectivity index (χ3n) is 1.61. The largest absolute Gasteiger partial charge is 0.508 e. The second kappa shape index (κ2) is 3.99. The molecule has 0 unspecified atom stereocenters. The Morgan fingerprint density at radius 2 is 2.21 bits per heavy atom. The fraction of sp³-hybridized carbons (Fsp3) is 0.143. The number of rotatable bonds is 3. The monoisotopic (exact) mass is 202 g/mol. The van der Waals surface area contributed by atoms with Crippen molar-refractivity contribution in [2.45, 2.75) is 6.54 Å². The van der Waals surface area contributed by atoms with E-state index in [-0.39, 0.29) is 12.1 Å². The first-order valence-corrected chi connectivity index (χ1v) is 3.59. The first-order chi connectivity index (χ1) is 6.56. The molecule has 0 heterocycles. The minimum Gasteiger partial charge on any atom is -0.508 e. The van der Waals surface area contributed by atoms with Crippen LogP contribution in [0.15, 0.2) is 12.1 Å². The highest BCUT2D eigenvalue weighted by atomic mass is 19.1. The molecular formula is C7H7FN2O4. The van der Waals surface area contributed by atoms with E-state index in [2.05, 4.69) is 0 Å². The lowest BCUT2D eigenvalue weighted by Gasteiger charge is -2.03. The van der Waals surface area contributed by atoms with E-state index in [1.165, 1.54) is 0 Å². The van der Waals surface area contributed by atoms with Crippen molar-refractivity contribution in [3.8, 4) is 5.75 Å². The molecule has 0 aliphatic carbocycles. The van der Waals surface area contributed by atoms with Crippen LogP contribution in [-0.2, 0) is 6.54 Å². The minimum atomic E-state index is -1.12. The van der Waals surface area contributed by atoms with E-state index in [1.807, 2.05) is 0 Å². The fourth-order valence-corrected chi connectivity index (χ4v) is 0.961. The molecule has 0 atom stereocenters. The molecule has 0 saturated heterocycles. The number of nitro benzene ring substituents is 1. The standard InChI is InChI=1S/C7H7FN2O4/c8-5-2-7(11)4(3-9-12)1-6(5)10(13)14/h1-2,9,11-12H,3H2. The summed E-state index contributed by atoms with van der Waals surface area (Å²) in [6.45, 7) is -0.201. The van der Waals surface area contributed by atoms with E-state index in [1.54, 1.807) is 5.48 Å². The number of phenols is 1. The lowest BCUT2D eigenvalue weighted by Crippen LogP contribution is -2.07. The van der Waals surface area contributed by atoms with Crippen molar-refractivity contribution in [2.75, 3.05) is 0 Å². The third kappa shape index (κ3) is 1.95. The number of hydroxylamine groups is 1. The predicted octanol–water partition coefficient (Wildman–Crippen LogP) is 0.918. The molecule has 3 N–H and O–H groups in total. The molecule has 1 rings (SSSR count). The molecule has 0 fully saturated rings. The van der Waals surface area contributed by atoms with Crippen LogP contribution in [-0.4, -0.2) is 15.2 Å². The molecule has 7 heteroatoms. The van der Waals surface area contributed by atoms with E-state index in [0.717, 1.165) is 6.07 Å². The Bertz CT molecular complexity index is 369. The van der Waals surface area contributed by atoms with Gasteiger partial charge in [0.05, 0.1) is 4.92 Å². The van der Waals surface area contributed by atoms with E-state index < -0.39 is 22.2 Å². The van der Waals surface area contributed by atoms with Gasteiger partial charge in [-0.1, -0.05) is 0 Å². The van der Waals surface area contributed by atoms with Crippen LogP contribution >= 0.6 is 0 Å². The summed E-state index contributed by atoms with van der Waals surface area (Å²) in [4.78, 5) is 9.38. The van der Waals surface area contributed by atoms with Gasteiger partial charge >= 0.3 is 5.69 Å². The fourth-order valence-electron chi connectivity index (χ4n) is 0.961. The average Bonchev–Trinajstić information content (AvgIpc) is 2.09. The lowest BCUT2D eigenvalue weighted by molar-refractivity contribution is -0.387. The number of hydrogen-bond acceptors (Lipinski definition) is 5. The zero-order valence-corrected chi connectivity index (χ0v) is 6.90. The first-order valence-electron chi connectivity index (χ1n) is 3.59. The summed E-state index contributed by atoms with van der Waals surface area (Å²) in [7, 11) is 0. The van der Waals surface area contributed by atoms with E-state index >= 15 is 0 Å². The van der Waals surface area contributed by atoms with Gasteiger partial charge in [0.15, 0.2) is 0 Å².